The second kappa shape index (κ2) is 8.87. The van der Waals surface area contributed by atoms with E-state index in [1.54, 1.807) is 44.4 Å². The molecule has 0 spiro atoms. The highest BCUT2D eigenvalue weighted by atomic mass is 32.2. The molecular formula is C20H21N5O3S. The third kappa shape index (κ3) is 4.80. The van der Waals surface area contributed by atoms with E-state index in [1.807, 2.05) is 19.1 Å². The molecule has 0 saturated carbocycles. The van der Waals surface area contributed by atoms with Gasteiger partial charge >= 0.3 is 0 Å². The average Bonchev–Trinajstić information content (AvgIpc) is 2.70. The molecule has 0 bridgehead atoms. The van der Waals surface area contributed by atoms with Gasteiger partial charge < -0.3 is 10.2 Å². The number of nitrogens with one attached hydrogen (secondary N) is 1. The van der Waals surface area contributed by atoms with Gasteiger partial charge in [0.05, 0.1) is 23.2 Å². The van der Waals surface area contributed by atoms with E-state index < -0.39 is 0 Å². The van der Waals surface area contributed by atoms with E-state index in [4.69, 9.17) is 0 Å². The fraction of sp³-hybridized carbons (Fsp3) is 0.250. The number of benzene rings is 1. The van der Waals surface area contributed by atoms with Crippen LogP contribution in [0.15, 0.2) is 52.4 Å². The van der Waals surface area contributed by atoms with E-state index in [0.29, 0.717) is 21.9 Å². The Kier molecular flexibility index (Phi) is 6.28. The quantitative estimate of drug-likeness (QED) is 0.486. The lowest BCUT2D eigenvalue weighted by Crippen LogP contribution is -2.37. The molecule has 0 aliphatic carbocycles. The Hall–Kier alpha value is -3.20. The first kappa shape index (κ1) is 20.5. The lowest BCUT2D eigenvalue weighted by molar-refractivity contribution is -0.130. The molecule has 29 heavy (non-hydrogen) atoms. The predicted octanol–water partition coefficient (Wildman–Crippen LogP) is 1.39. The van der Waals surface area contributed by atoms with Crippen molar-refractivity contribution in [2.24, 2.45) is 0 Å². The average molecular weight is 411 g/mol. The van der Waals surface area contributed by atoms with Gasteiger partial charge in [0, 0.05) is 19.8 Å². The van der Waals surface area contributed by atoms with Crippen LogP contribution in [0.5, 0.6) is 0 Å². The first-order valence-electron chi connectivity index (χ1n) is 8.92. The van der Waals surface area contributed by atoms with Crippen LogP contribution in [0.25, 0.3) is 16.7 Å². The monoisotopic (exact) mass is 411 g/mol. The van der Waals surface area contributed by atoms with Crippen molar-refractivity contribution in [2.45, 2.75) is 12.1 Å². The number of likely N-dealkylation sites (N-methyl/N-ethyl adjacent to an activating group) is 1. The minimum absolute atomic E-state index is 0.0112. The van der Waals surface area contributed by atoms with E-state index in [-0.39, 0.29) is 29.7 Å². The highest BCUT2D eigenvalue weighted by molar-refractivity contribution is 7.99. The highest BCUT2D eigenvalue weighted by Gasteiger charge is 2.16. The Morgan fingerprint density at radius 3 is 2.59 bits per heavy atom. The van der Waals surface area contributed by atoms with Crippen LogP contribution in [-0.2, 0) is 9.59 Å². The zero-order valence-corrected chi connectivity index (χ0v) is 17.2. The number of aromatic nitrogens is 3. The molecular weight excluding hydrogens is 390 g/mol. The molecule has 150 valence electrons. The van der Waals surface area contributed by atoms with Crippen molar-refractivity contribution >= 4 is 34.5 Å². The van der Waals surface area contributed by atoms with Crippen LogP contribution in [0.1, 0.15) is 5.69 Å². The zero-order valence-electron chi connectivity index (χ0n) is 16.4. The number of aryl methyl sites for hydroxylation is 1. The number of hydrogen-bond acceptors (Lipinski definition) is 6. The van der Waals surface area contributed by atoms with Gasteiger partial charge in [0.25, 0.3) is 5.56 Å². The molecule has 1 N–H and O–H groups in total. The Morgan fingerprint density at radius 2 is 1.86 bits per heavy atom. The Morgan fingerprint density at radius 1 is 1.10 bits per heavy atom. The van der Waals surface area contributed by atoms with Crippen LogP contribution in [0.2, 0.25) is 0 Å². The fourth-order valence-electron chi connectivity index (χ4n) is 2.58. The van der Waals surface area contributed by atoms with Gasteiger partial charge in [-0.2, -0.15) is 0 Å². The molecule has 0 atom stereocenters. The third-order valence-electron chi connectivity index (χ3n) is 4.12. The Bertz CT molecular complexity index is 1130. The third-order valence-corrected chi connectivity index (χ3v) is 5.05. The SMILES string of the molecule is Cc1cccc(-n2c(SCC(=O)NCC(=O)N(C)C)nc3ccccc3c2=O)n1. The van der Waals surface area contributed by atoms with Crippen molar-refractivity contribution in [3.05, 3.63) is 58.5 Å². The Balaban J connectivity index is 1.92. The second-order valence-electron chi connectivity index (χ2n) is 6.54. The molecule has 2 heterocycles. The van der Waals surface area contributed by atoms with Crippen LogP contribution in [-0.4, -0.2) is 57.6 Å². The summed E-state index contributed by atoms with van der Waals surface area (Å²) in [7, 11) is 3.24. The number of amides is 2. The molecule has 1 aromatic carbocycles. The van der Waals surface area contributed by atoms with E-state index in [0.717, 1.165) is 17.5 Å². The molecule has 2 aromatic heterocycles. The van der Waals surface area contributed by atoms with E-state index >= 15 is 0 Å². The summed E-state index contributed by atoms with van der Waals surface area (Å²) >= 11 is 1.12. The van der Waals surface area contributed by atoms with E-state index in [9.17, 15) is 14.4 Å². The summed E-state index contributed by atoms with van der Waals surface area (Å²) in [5, 5.41) is 3.41. The molecule has 3 rings (SSSR count). The normalized spacial score (nSPS) is 10.7. The summed E-state index contributed by atoms with van der Waals surface area (Å²) < 4.78 is 1.41. The first-order chi connectivity index (χ1) is 13.9. The summed E-state index contributed by atoms with van der Waals surface area (Å²) in [6, 6.07) is 12.4. The zero-order chi connectivity index (χ0) is 21.0. The number of carbonyl (C=O) groups excluding carboxylic acids is 2. The largest absolute Gasteiger partial charge is 0.347 e. The van der Waals surface area contributed by atoms with Crippen LogP contribution in [0.4, 0.5) is 0 Å². The molecule has 0 fully saturated rings. The minimum atomic E-state index is -0.323. The minimum Gasteiger partial charge on any atom is -0.347 e. The number of pyridine rings is 1. The highest BCUT2D eigenvalue weighted by Crippen LogP contribution is 2.20. The standard InChI is InChI=1S/C20H21N5O3S/c1-13-7-6-10-16(22-13)25-19(28)14-8-4-5-9-15(14)23-20(25)29-12-17(26)21-11-18(27)24(2)3/h4-10H,11-12H2,1-3H3,(H,21,26). The summed E-state index contributed by atoms with van der Waals surface area (Å²) in [5.41, 5.74) is 1.06. The van der Waals surface area contributed by atoms with Gasteiger partial charge in [-0.15, -0.1) is 0 Å². The number of rotatable bonds is 6. The fourth-order valence-corrected chi connectivity index (χ4v) is 3.41. The Labute approximate surface area is 172 Å². The molecule has 0 unspecified atom stereocenters. The number of hydrogen-bond donors (Lipinski definition) is 1. The second-order valence-corrected chi connectivity index (χ2v) is 7.49. The van der Waals surface area contributed by atoms with Crippen LogP contribution < -0.4 is 10.9 Å². The first-order valence-corrected chi connectivity index (χ1v) is 9.91. The van der Waals surface area contributed by atoms with Crippen molar-refractivity contribution in [2.75, 3.05) is 26.4 Å². The van der Waals surface area contributed by atoms with Crippen molar-refractivity contribution < 1.29 is 9.59 Å². The smallest absolute Gasteiger partial charge is 0.267 e. The maximum absolute atomic E-state index is 13.1. The number of nitrogens with zero attached hydrogens (tertiary/aromatic N) is 4. The van der Waals surface area contributed by atoms with Crippen molar-refractivity contribution in [3.8, 4) is 5.82 Å². The lowest BCUT2D eigenvalue weighted by atomic mass is 10.2. The van der Waals surface area contributed by atoms with Gasteiger partial charge in [0.15, 0.2) is 5.16 Å². The molecule has 0 saturated heterocycles. The van der Waals surface area contributed by atoms with Gasteiger partial charge in [0.1, 0.15) is 5.82 Å². The van der Waals surface area contributed by atoms with Crippen molar-refractivity contribution in [1.29, 1.82) is 0 Å². The molecule has 9 heteroatoms. The number of carbonyl (C=O) groups is 2. The van der Waals surface area contributed by atoms with Crippen molar-refractivity contribution in [3.63, 3.8) is 0 Å². The molecule has 0 radical (unpaired) electrons. The van der Waals surface area contributed by atoms with E-state index in [2.05, 4.69) is 15.3 Å². The van der Waals surface area contributed by atoms with Crippen LogP contribution in [0.3, 0.4) is 0 Å². The summed E-state index contributed by atoms with van der Waals surface area (Å²) in [6.45, 7) is 1.76. The maximum Gasteiger partial charge on any atom is 0.267 e. The molecule has 0 aliphatic rings. The predicted molar refractivity (Wildman–Crippen MR) is 112 cm³/mol. The maximum atomic E-state index is 13.1. The van der Waals surface area contributed by atoms with Gasteiger partial charge in [-0.3, -0.25) is 14.4 Å². The van der Waals surface area contributed by atoms with Gasteiger partial charge in [-0.05, 0) is 31.2 Å². The van der Waals surface area contributed by atoms with Crippen molar-refractivity contribution in [1.82, 2.24) is 24.8 Å². The van der Waals surface area contributed by atoms with Gasteiger partial charge in [0.2, 0.25) is 11.8 Å². The molecule has 2 amide bonds. The number of fused-ring (bicyclic) bond motifs is 1. The summed E-state index contributed by atoms with van der Waals surface area (Å²) in [4.78, 5) is 47.3. The topological polar surface area (TPSA) is 97.2 Å². The molecule has 3 aromatic rings. The summed E-state index contributed by atoms with van der Waals surface area (Å²) in [6.07, 6.45) is 0. The van der Waals surface area contributed by atoms with Gasteiger partial charge in [-0.1, -0.05) is 30.0 Å². The summed E-state index contributed by atoms with van der Waals surface area (Å²) in [5.74, 6) is -0.0690. The van der Waals surface area contributed by atoms with Crippen LogP contribution >= 0.6 is 11.8 Å². The number of thioether (sulfide) groups is 1. The van der Waals surface area contributed by atoms with Gasteiger partial charge in [-0.25, -0.2) is 14.5 Å². The van der Waals surface area contributed by atoms with E-state index in [1.165, 1.54) is 9.47 Å². The van der Waals surface area contributed by atoms with Crippen LogP contribution in [0, 0.1) is 6.92 Å². The number of para-hydroxylation sites is 1. The molecule has 0 aliphatic heterocycles. The lowest BCUT2D eigenvalue weighted by Gasteiger charge is -2.13. The molecule has 8 nitrogen and oxygen atoms in total.